The summed E-state index contributed by atoms with van der Waals surface area (Å²) in [5, 5.41) is 12.1. The normalized spacial score (nSPS) is 11.2. The van der Waals surface area contributed by atoms with Crippen LogP contribution < -0.4 is 0 Å². The van der Waals surface area contributed by atoms with Crippen LogP contribution in [0.25, 0.3) is 11.4 Å². The first kappa shape index (κ1) is 15.6. The molecule has 1 N–H and O–H groups in total. The third-order valence-electron chi connectivity index (χ3n) is 3.44. The van der Waals surface area contributed by atoms with Gasteiger partial charge in [0.25, 0.3) is 0 Å². The standard InChI is InChI=1S/C17H15ClN4S/c1-2-12-6-8-13(9-7-12)11-19-22-16(20-21-17(22)23)14-4-3-5-15(18)10-14/h3-11H,2H2,1H3,(H,21,23)/b19-11-. The van der Waals surface area contributed by atoms with E-state index in [1.165, 1.54) is 5.56 Å². The van der Waals surface area contributed by atoms with Crippen molar-refractivity contribution in [1.29, 1.82) is 0 Å². The first-order valence-corrected chi connectivity index (χ1v) is 8.02. The van der Waals surface area contributed by atoms with Crippen molar-refractivity contribution in [2.24, 2.45) is 5.10 Å². The van der Waals surface area contributed by atoms with Crippen molar-refractivity contribution < 1.29 is 0 Å². The Kier molecular flexibility index (Phi) is 4.69. The SMILES string of the molecule is CCc1ccc(/C=N\n2c(-c3cccc(Cl)c3)n[nH]c2=S)cc1. The molecule has 1 heterocycles. The molecule has 0 unspecified atom stereocenters. The Bertz CT molecular complexity index is 893. The molecule has 6 heteroatoms. The van der Waals surface area contributed by atoms with Crippen LogP contribution in [-0.4, -0.2) is 21.1 Å². The van der Waals surface area contributed by atoms with E-state index in [1.54, 1.807) is 10.9 Å². The predicted octanol–water partition coefficient (Wildman–Crippen LogP) is 4.71. The summed E-state index contributed by atoms with van der Waals surface area (Å²) in [7, 11) is 0. The Morgan fingerprint density at radius 2 is 2.04 bits per heavy atom. The first-order chi connectivity index (χ1) is 11.2. The second-order valence-electron chi connectivity index (χ2n) is 5.01. The van der Waals surface area contributed by atoms with Gasteiger partial charge in [-0.15, -0.1) is 0 Å². The monoisotopic (exact) mass is 342 g/mol. The average Bonchev–Trinajstić information content (AvgIpc) is 2.94. The third kappa shape index (κ3) is 3.57. The zero-order valence-electron chi connectivity index (χ0n) is 12.5. The lowest BCUT2D eigenvalue weighted by molar-refractivity contribution is 0.871. The lowest BCUT2D eigenvalue weighted by Gasteiger charge is -2.02. The lowest BCUT2D eigenvalue weighted by Crippen LogP contribution is -1.95. The van der Waals surface area contributed by atoms with Crippen molar-refractivity contribution in [3.8, 4) is 11.4 Å². The highest BCUT2D eigenvalue weighted by molar-refractivity contribution is 7.71. The maximum atomic E-state index is 6.04. The highest BCUT2D eigenvalue weighted by atomic mass is 35.5. The molecule has 0 fully saturated rings. The fourth-order valence-electron chi connectivity index (χ4n) is 2.18. The van der Waals surface area contributed by atoms with Gasteiger partial charge in [0, 0.05) is 10.6 Å². The summed E-state index contributed by atoms with van der Waals surface area (Å²) < 4.78 is 2.02. The van der Waals surface area contributed by atoms with Crippen molar-refractivity contribution in [1.82, 2.24) is 14.9 Å². The number of hydrogen-bond donors (Lipinski definition) is 1. The topological polar surface area (TPSA) is 46.0 Å². The van der Waals surface area contributed by atoms with Crippen molar-refractivity contribution in [2.45, 2.75) is 13.3 Å². The number of nitrogens with zero attached hydrogens (tertiary/aromatic N) is 3. The van der Waals surface area contributed by atoms with Gasteiger partial charge in [0.1, 0.15) is 0 Å². The van der Waals surface area contributed by atoms with Gasteiger partial charge in [-0.25, -0.2) is 5.10 Å². The van der Waals surface area contributed by atoms with Gasteiger partial charge in [-0.2, -0.15) is 14.9 Å². The van der Waals surface area contributed by atoms with Gasteiger partial charge < -0.3 is 0 Å². The molecule has 0 aliphatic carbocycles. The highest BCUT2D eigenvalue weighted by Crippen LogP contribution is 2.21. The molecule has 0 saturated heterocycles. The minimum atomic E-state index is 0.432. The number of H-pyrrole nitrogens is 1. The predicted molar refractivity (Wildman–Crippen MR) is 96.7 cm³/mol. The molecule has 0 aliphatic rings. The first-order valence-electron chi connectivity index (χ1n) is 7.24. The third-order valence-corrected chi connectivity index (χ3v) is 3.94. The quantitative estimate of drug-likeness (QED) is 0.551. The molecule has 1 aromatic heterocycles. The van der Waals surface area contributed by atoms with E-state index in [0.717, 1.165) is 17.5 Å². The number of aromatic amines is 1. The Hall–Kier alpha value is -2.24. The number of benzene rings is 2. The van der Waals surface area contributed by atoms with Crippen LogP contribution in [0.2, 0.25) is 5.02 Å². The van der Waals surface area contributed by atoms with Crippen molar-refractivity contribution in [3.05, 3.63) is 69.5 Å². The Labute approximate surface area is 144 Å². The molecule has 3 aromatic rings. The zero-order valence-corrected chi connectivity index (χ0v) is 14.1. The summed E-state index contributed by atoms with van der Waals surface area (Å²) in [5.74, 6) is 0.624. The molecule has 0 bridgehead atoms. The fourth-order valence-corrected chi connectivity index (χ4v) is 2.55. The van der Waals surface area contributed by atoms with Crippen LogP contribution in [-0.2, 0) is 6.42 Å². The Balaban J connectivity index is 1.95. The van der Waals surface area contributed by atoms with Gasteiger partial charge >= 0.3 is 0 Å². The minimum Gasteiger partial charge on any atom is -0.250 e. The van der Waals surface area contributed by atoms with Crippen LogP contribution in [0.15, 0.2) is 53.6 Å². The van der Waals surface area contributed by atoms with E-state index in [2.05, 4.69) is 34.4 Å². The summed E-state index contributed by atoms with van der Waals surface area (Å²) in [6, 6.07) is 15.7. The Morgan fingerprint density at radius 3 is 2.74 bits per heavy atom. The fraction of sp³-hybridized carbons (Fsp3) is 0.118. The average molecular weight is 343 g/mol. The molecule has 23 heavy (non-hydrogen) atoms. The van der Waals surface area contributed by atoms with Gasteiger partial charge in [0.2, 0.25) is 4.77 Å². The molecule has 0 saturated carbocycles. The van der Waals surface area contributed by atoms with E-state index in [9.17, 15) is 0 Å². The second-order valence-corrected chi connectivity index (χ2v) is 5.84. The smallest absolute Gasteiger partial charge is 0.216 e. The van der Waals surface area contributed by atoms with Crippen LogP contribution >= 0.6 is 23.8 Å². The lowest BCUT2D eigenvalue weighted by atomic mass is 10.1. The van der Waals surface area contributed by atoms with Crippen LogP contribution in [0, 0.1) is 4.77 Å². The molecule has 4 nitrogen and oxygen atoms in total. The molecular formula is C17H15ClN4S. The molecule has 0 amide bonds. The molecule has 2 aromatic carbocycles. The molecule has 116 valence electrons. The van der Waals surface area contributed by atoms with E-state index in [1.807, 2.05) is 36.4 Å². The number of nitrogens with one attached hydrogen (secondary N) is 1. The zero-order chi connectivity index (χ0) is 16.2. The van der Waals surface area contributed by atoms with E-state index >= 15 is 0 Å². The van der Waals surface area contributed by atoms with Crippen molar-refractivity contribution in [3.63, 3.8) is 0 Å². The second kappa shape index (κ2) is 6.89. The van der Waals surface area contributed by atoms with E-state index in [0.29, 0.717) is 15.6 Å². The van der Waals surface area contributed by atoms with Crippen LogP contribution in [0.5, 0.6) is 0 Å². The molecule has 0 spiro atoms. The van der Waals surface area contributed by atoms with E-state index in [4.69, 9.17) is 23.8 Å². The summed E-state index contributed by atoms with van der Waals surface area (Å²) in [6.45, 7) is 2.13. The molecule has 3 rings (SSSR count). The largest absolute Gasteiger partial charge is 0.250 e. The maximum absolute atomic E-state index is 6.04. The summed E-state index contributed by atoms with van der Waals surface area (Å²) in [6.07, 6.45) is 2.78. The van der Waals surface area contributed by atoms with Gasteiger partial charge in [-0.05, 0) is 41.9 Å². The number of hydrogen-bond acceptors (Lipinski definition) is 3. The van der Waals surface area contributed by atoms with Crippen molar-refractivity contribution >= 4 is 30.0 Å². The van der Waals surface area contributed by atoms with E-state index < -0.39 is 0 Å². The van der Waals surface area contributed by atoms with E-state index in [-0.39, 0.29) is 0 Å². The Morgan fingerprint density at radius 1 is 1.26 bits per heavy atom. The number of aryl methyl sites for hydroxylation is 1. The molecule has 0 atom stereocenters. The summed E-state index contributed by atoms with van der Waals surface area (Å²) >= 11 is 11.3. The van der Waals surface area contributed by atoms with Gasteiger partial charge in [0.15, 0.2) is 5.82 Å². The summed E-state index contributed by atoms with van der Waals surface area (Å²) in [5.41, 5.74) is 3.15. The molecule has 0 radical (unpaired) electrons. The van der Waals surface area contributed by atoms with Crippen LogP contribution in [0.1, 0.15) is 18.1 Å². The number of halogens is 1. The van der Waals surface area contributed by atoms with Crippen LogP contribution in [0.3, 0.4) is 0 Å². The number of rotatable bonds is 4. The minimum absolute atomic E-state index is 0.432. The summed E-state index contributed by atoms with van der Waals surface area (Å²) in [4.78, 5) is 0. The van der Waals surface area contributed by atoms with Gasteiger partial charge in [-0.3, -0.25) is 0 Å². The van der Waals surface area contributed by atoms with Crippen molar-refractivity contribution in [2.75, 3.05) is 0 Å². The van der Waals surface area contributed by atoms with Gasteiger partial charge in [-0.1, -0.05) is 54.9 Å². The van der Waals surface area contributed by atoms with Crippen LogP contribution in [0.4, 0.5) is 0 Å². The maximum Gasteiger partial charge on any atom is 0.216 e. The number of aromatic nitrogens is 3. The molecular weight excluding hydrogens is 328 g/mol. The highest BCUT2D eigenvalue weighted by Gasteiger charge is 2.08. The molecule has 0 aliphatic heterocycles. The van der Waals surface area contributed by atoms with Gasteiger partial charge in [0.05, 0.1) is 6.21 Å².